The first-order valence-corrected chi connectivity index (χ1v) is 6.90. The molecule has 0 radical (unpaired) electrons. The number of H-pyrrole nitrogens is 1. The third-order valence-corrected chi connectivity index (χ3v) is 3.60. The van der Waals surface area contributed by atoms with Crippen molar-refractivity contribution in [2.24, 2.45) is 0 Å². The second-order valence-electron chi connectivity index (χ2n) is 5.02. The topological polar surface area (TPSA) is 65.1 Å². The normalized spacial score (nSPS) is 10.9. The quantitative estimate of drug-likeness (QED) is 0.655. The van der Waals surface area contributed by atoms with E-state index in [2.05, 4.69) is 10.3 Å². The second-order valence-corrected chi connectivity index (χ2v) is 5.42. The Morgan fingerprint density at radius 1 is 1.27 bits per heavy atom. The zero-order valence-electron chi connectivity index (χ0n) is 11.6. The Balaban J connectivity index is 2.08. The van der Waals surface area contributed by atoms with Crippen molar-refractivity contribution >= 4 is 39.8 Å². The monoisotopic (exact) mass is 318 g/mol. The van der Waals surface area contributed by atoms with Gasteiger partial charge in [-0.05, 0) is 48.9 Å². The number of carbonyl (C=O) groups is 1. The number of aromatic carboxylic acids is 1. The number of fused-ring (bicyclic) bond motifs is 1. The van der Waals surface area contributed by atoms with E-state index in [4.69, 9.17) is 16.7 Å². The molecular weight excluding hydrogens is 307 g/mol. The molecule has 0 aliphatic carbocycles. The van der Waals surface area contributed by atoms with Gasteiger partial charge in [-0.15, -0.1) is 0 Å². The van der Waals surface area contributed by atoms with Crippen LogP contribution in [0.3, 0.4) is 0 Å². The highest BCUT2D eigenvalue weighted by Crippen LogP contribution is 2.30. The molecule has 0 unspecified atom stereocenters. The predicted octanol–water partition coefficient (Wildman–Crippen LogP) is 4.71. The van der Waals surface area contributed by atoms with Gasteiger partial charge in [0.05, 0.1) is 5.02 Å². The molecule has 3 aromatic rings. The number of carboxylic acids is 1. The summed E-state index contributed by atoms with van der Waals surface area (Å²) in [6.45, 7) is 1.91. The van der Waals surface area contributed by atoms with Crippen molar-refractivity contribution in [3.8, 4) is 0 Å². The zero-order chi connectivity index (χ0) is 15.9. The number of aryl methyl sites for hydroxylation is 1. The highest BCUT2D eigenvalue weighted by molar-refractivity contribution is 6.31. The summed E-state index contributed by atoms with van der Waals surface area (Å²) in [7, 11) is 0. The molecule has 22 heavy (non-hydrogen) atoms. The lowest BCUT2D eigenvalue weighted by atomic mass is 10.1. The Hall–Kier alpha value is -2.53. The van der Waals surface area contributed by atoms with Crippen LogP contribution >= 0.6 is 11.6 Å². The lowest BCUT2D eigenvalue weighted by Gasteiger charge is -2.09. The average Bonchev–Trinajstić information content (AvgIpc) is 2.87. The molecule has 112 valence electrons. The van der Waals surface area contributed by atoms with Crippen molar-refractivity contribution in [3.63, 3.8) is 0 Å². The molecule has 2 aromatic carbocycles. The molecule has 0 atom stereocenters. The second kappa shape index (κ2) is 5.35. The number of carboxylic acid groups (broad SMARTS) is 1. The SMILES string of the molecule is Cc1cc(Nc2ccc(F)c(Cl)c2)c2cc(C(=O)O)[nH]c2c1. The number of rotatable bonds is 3. The highest BCUT2D eigenvalue weighted by atomic mass is 35.5. The van der Waals surface area contributed by atoms with Crippen molar-refractivity contribution in [2.45, 2.75) is 6.92 Å². The Bertz CT molecular complexity index is 889. The molecule has 0 bridgehead atoms. The minimum absolute atomic E-state index is 0.0224. The number of anilines is 2. The molecule has 0 saturated carbocycles. The summed E-state index contributed by atoms with van der Waals surface area (Å²) in [5.74, 6) is -1.51. The standard InChI is InChI=1S/C16H12ClFN2O2/c1-8-4-13(19-9-2-3-12(18)11(17)6-9)10-7-15(16(21)22)20-14(10)5-8/h2-7,19-20H,1H3,(H,21,22). The molecule has 1 heterocycles. The lowest BCUT2D eigenvalue weighted by Crippen LogP contribution is -1.94. The number of aromatic nitrogens is 1. The Labute approximate surface area is 130 Å². The van der Waals surface area contributed by atoms with E-state index in [0.29, 0.717) is 11.2 Å². The third-order valence-electron chi connectivity index (χ3n) is 3.31. The fraction of sp³-hybridized carbons (Fsp3) is 0.0625. The van der Waals surface area contributed by atoms with Crippen LogP contribution in [0.5, 0.6) is 0 Å². The summed E-state index contributed by atoms with van der Waals surface area (Å²) < 4.78 is 13.2. The van der Waals surface area contributed by atoms with Gasteiger partial charge in [0.1, 0.15) is 11.5 Å². The van der Waals surface area contributed by atoms with Crippen molar-refractivity contribution < 1.29 is 14.3 Å². The van der Waals surface area contributed by atoms with Gasteiger partial charge in [0, 0.05) is 22.3 Å². The first-order valence-electron chi connectivity index (χ1n) is 6.53. The molecule has 3 rings (SSSR count). The van der Waals surface area contributed by atoms with Crippen LogP contribution in [0.15, 0.2) is 36.4 Å². The van der Waals surface area contributed by atoms with E-state index in [1.807, 2.05) is 19.1 Å². The van der Waals surface area contributed by atoms with Gasteiger partial charge in [-0.3, -0.25) is 0 Å². The summed E-state index contributed by atoms with van der Waals surface area (Å²) in [5, 5.41) is 13.0. The Kier molecular flexibility index (Phi) is 3.50. The van der Waals surface area contributed by atoms with Crippen LogP contribution in [-0.4, -0.2) is 16.1 Å². The minimum Gasteiger partial charge on any atom is -0.477 e. The van der Waals surface area contributed by atoms with Gasteiger partial charge in [-0.25, -0.2) is 9.18 Å². The van der Waals surface area contributed by atoms with Gasteiger partial charge in [0.2, 0.25) is 0 Å². The van der Waals surface area contributed by atoms with Crippen LogP contribution in [0.1, 0.15) is 16.1 Å². The maximum absolute atomic E-state index is 13.2. The van der Waals surface area contributed by atoms with E-state index >= 15 is 0 Å². The van der Waals surface area contributed by atoms with Crippen LogP contribution in [0, 0.1) is 12.7 Å². The largest absolute Gasteiger partial charge is 0.477 e. The van der Waals surface area contributed by atoms with Crippen molar-refractivity contribution in [3.05, 3.63) is 58.5 Å². The fourth-order valence-electron chi connectivity index (χ4n) is 2.33. The van der Waals surface area contributed by atoms with E-state index in [1.54, 1.807) is 12.1 Å². The number of benzene rings is 2. The van der Waals surface area contributed by atoms with Crippen LogP contribution in [-0.2, 0) is 0 Å². The lowest BCUT2D eigenvalue weighted by molar-refractivity contribution is 0.0691. The van der Waals surface area contributed by atoms with Crippen LogP contribution in [0.25, 0.3) is 10.9 Å². The third kappa shape index (κ3) is 2.63. The minimum atomic E-state index is -1.02. The predicted molar refractivity (Wildman–Crippen MR) is 84.7 cm³/mol. The average molecular weight is 319 g/mol. The number of aromatic amines is 1. The smallest absolute Gasteiger partial charge is 0.352 e. The van der Waals surface area contributed by atoms with Gasteiger partial charge in [-0.2, -0.15) is 0 Å². The van der Waals surface area contributed by atoms with E-state index in [1.165, 1.54) is 12.1 Å². The van der Waals surface area contributed by atoms with Gasteiger partial charge in [0.25, 0.3) is 0 Å². The van der Waals surface area contributed by atoms with Gasteiger partial charge in [-0.1, -0.05) is 11.6 Å². The molecule has 3 N–H and O–H groups in total. The summed E-state index contributed by atoms with van der Waals surface area (Å²) in [4.78, 5) is 14.0. The summed E-state index contributed by atoms with van der Waals surface area (Å²) >= 11 is 5.78. The van der Waals surface area contributed by atoms with Crippen LogP contribution in [0.2, 0.25) is 5.02 Å². The summed E-state index contributed by atoms with van der Waals surface area (Å²) in [5.41, 5.74) is 3.13. The zero-order valence-corrected chi connectivity index (χ0v) is 12.3. The molecule has 0 fully saturated rings. The summed E-state index contributed by atoms with van der Waals surface area (Å²) in [6, 6.07) is 9.64. The van der Waals surface area contributed by atoms with E-state index in [-0.39, 0.29) is 10.7 Å². The Morgan fingerprint density at radius 3 is 2.73 bits per heavy atom. The summed E-state index contributed by atoms with van der Waals surface area (Å²) in [6.07, 6.45) is 0. The molecule has 0 spiro atoms. The molecular formula is C16H12ClFN2O2. The van der Waals surface area contributed by atoms with Gasteiger partial charge >= 0.3 is 5.97 Å². The van der Waals surface area contributed by atoms with Gasteiger partial charge in [0.15, 0.2) is 0 Å². The molecule has 4 nitrogen and oxygen atoms in total. The van der Waals surface area contributed by atoms with Crippen LogP contribution < -0.4 is 5.32 Å². The molecule has 1 aromatic heterocycles. The first-order chi connectivity index (χ1) is 10.4. The van der Waals surface area contributed by atoms with Crippen LogP contribution in [0.4, 0.5) is 15.8 Å². The molecule has 0 aliphatic rings. The maximum atomic E-state index is 13.2. The van der Waals surface area contributed by atoms with E-state index < -0.39 is 11.8 Å². The fourth-order valence-corrected chi connectivity index (χ4v) is 2.51. The van der Waals surface area contributed by atoms with Crippen molar-refractivity contribution in [1.82, 2.24) is 4.98 Å². The molecule has 0 aliphatic heterocycles. The van der Waals surface area contributed by atoms with Crippen molar-refractivity contribution in [1.29, 1.82) is 0 Å². The number of nitrogens with one attached hydrogen (secondary N) is 2. The molecule has 0 amide bonds. The van der Waals surface area contributed by atoms with E-state index in [9.17, 15) is 9.18 Å². The van der Waals surface area contributed by atoms with E-state index in [0.717, 1.165) is 16.6 Å². The highest BCUT2D eigenvalue weighted by Gasteiger charge is 2.12. The van der Waals surface area contributed by atoms with Crippen molar-refractivity contribution in [2.75, 3.05) is 5.32 Å². The Morgan fingerprint density at radius 2 is 2.05 bits per heavy atom. The number of halogens is 2. The molecule has 6 heteroatoms. The first kappa shape index (κ1) is 14.4. The molecule has 0 saturated heterocycles. The number of hydrogen-bond donors (Lipinski definition) is 3. The van der Waals surface area contributed by atoms with Gasteiger partial charge < -0.3 is 15.4 Å². The maximum Gasteiger partial charge on any atom is 0.352 e. The number of hydrogen-bond acceptors (Lipinski definition) is 2.